The van der Waals surface area contributed by atoms with E-state index in [-0.39, 0.29) is 18.6 Å². The molecule has 0 unspecified atom stereocenters. The molecule has 0 radical (unpaired) electrons. The summed E-state index contributed by atoms with van der Waals surface area (Å²) in [5.74, 6) is 0.702. The number of benzene rings is 1. The van der Waals surface area contributed by atoms with Crippen LogP contribution in [0.3, 0.4) is 0 Å². The van der Waals surface area contributed by atoms with Crippen LogP contribution in [0, 0.1) is 13.8 Å². The van der Waals surface area contributed by atoms with Crippen molar-refractivity contribution in [2.45, 2.75) is 19.9 Å². The highest BCUT2D eigenvalue weighted by molar-refractivity contribution is 7.10. The standard InChI is InChI=1S/C20H26N2O3S/c1-15-5-3-6-16(2)20(15)25-14-19(23)21-13-17(18-7-4-12-26-18)22-8-10-24-11-9-22/h3-7,12,17H,8-11,13-14H2,1-2H3,(H,21,23)/t17-/m0/s1. The number of hydrogen-bond acceptors (Lipinski definition) is 5. The van der Waals surface area contributed by atoms with Crippen molar-refractivity contribution in [2.24, 2.45) is 0 Å². The first kappa shape index (κ1) is 18.9. The molecule has 0 spiro atoms. The molecule has 3 rings (SSSR count). The second-order valence-electron chi connectivity index (χ2n) is 6.49. The largest absolute Gasteiger partial charge is 0.483 e. The van der Waals surface area contributed by atoms with Crippen LogP contribution < -0.4 is 10.1 Å². The summed E-state index contributed by atoms with van der Waals surface area (Å²) in [7, 11) is 0. The quantitative estimate of drug-likeness (QED) is 0.810. The van der Waals surface area contributed by atoms with E-state index in [1.165, 1.54) is 4.88 Å². The normalized spacial score (nSPS) is 16.2. The molecule has 2 aromatic rings. The Morgan fingerprint density at radius 3 is 2.62 bits per heavy atom. The molecule has 140 valence electrons. The zero-order valence-electron chi connectivity index (χ0n) is 15.4. The third-order valence-corrected chi connectivity index (χ3v) is 5.58. The number of carbonyl (C=O) groups excluding carboxylic acids is 1. The van der Waals surface area contributed by atoms with Gasteiger partial charge in [0.15, 0.2) is 6.61 Å². The lowest BCUT2D eigenvalue weighted by atomic mass is 10.1. The van der Waals surface area contributed by atoms with Crippen molar-refractivity contribution in [2.75, 3.05) is 39.5 Å². The number of thiophene rings is 1. The number of ether oxygens (including phenoxy) is 2. The summed E-state index contributed by atoms with van der Waals surface area (Å²) < 4.78 is 11.2. The number of para-hydroxylation sites is 1. The maximum absolute atomic E-state index is 12.3. The van der Waals surface area contributed by atoms with E-state index in [1.807, 2.05) is 32.0 Å². The van der Waals surface area contributed by atoms with Crippen molar-refractivity contribution >= 4 is 17.2 Å². The molecule has 1 aliphatic rings. The van der Waals surface area contributed by atoms with Gasteiger partial charge in [0.2, 0.25) is 0 Å². The summed E-state index contributed by atoms with van der Waals surface area (Å²) in [5.41, 5.74) is 2.09. The zero-order valence-corrected chi connectivity index (χ0v) is 16.2. The van der Waals surface area contributed by atoms with Crippen LogP contribution in [-0.2, 0) is 9.53 Å². The molecule has 0 bridgehead atoms. The van der Waals surface area contributed by atoms with E-state index in [9.17, 15) is 4.79 Å². The van der Waals surface area contributed by atoms with Gasteiger partial charge in [0.25, 0.3) is 5.91 Å². The van der Waals surface area contributed by atoms with Crippen LogP contribution in [0.4, 0.5) is 0 Å². The molecule has 1 aromatic heterocycles. The fraction of sp³-hybridized carbons (Fsp3) is 0.450. The highest BCUT2D eigenvalue weighted by atomic mass is 32.1. The Labute approximate surface area is 158 Å². The highest BCUT2D eigenvalue weighted by Gasteiger charge is 2.24. The van der Waals surface area contributed by atoms with Gasteiger partial charge in [0.1, 0.15) is 5.75 Å². The summed E-state index contributed by atoms with van der Waals surface area (Å²) in [5, 5.41) is 5.12. The fourth-order valence-electron chi connectivity index (χ4n) is 3.21. The van der Waals surface area contributed by atoms with Crippen LogP contribution in [0.15, 0.2) is 35.7 Å². The molecule has 1 atom stereocenters. The minimum atomic E-state index is -0.0949. The van der Waals surface area contributed by atoms with Gasteiger partial charge < -0.3 is 14.8 Å². The van der Waals surface area contributed by atoms with Gasteiger partial charge >= 0.3 is 0 Å². The molecule has 6 heteroatoms. The van der Waals surface area contributed by atoms with Crippen molar-refractivity contribution in [3.63, 3.8) is 0 Å². The lowest BCUT2D eigenvalue weighted by molar-refractivity contribution is -0.123. The Morgan fingerprint density at radius 1 is 1.23 bits per heavy atom. The highest BCUT2D eigenvalue weighted by Crippen LogP contribution is 2.25. The number of carbonyl (C=O) groups is 1. The number of aryl methyl sites for hydroxylation is 2. The van der Waals surface area contributed by atoms with Gasteiger partial charge in [-0.3, -0.25) is 9.69 Å². The molecule has 1 saturated heterocycles. The first-order valence-electron chi connectivity index (χ1n) is 8.96. The summed E-state index contributed by atoms with van der Waals surface area (Å²) >= 11 is 1.73. The van der Waals surface area contributed by atoms with E-state index < -0.39 is 0 Å². The Kier molecular flexibility index (Phi) is 6.66. The second-order valence-corrected chi connectivity index (χ2v) is 7.47. The van der Waals surface area contributed by atoms with E-state index in [1.54, 1.807) is 11.3 Å². The lowest BCUT2D eigenvalue weighted by Crippen LogP contribution is -2.44. The average Bonchev–Trinajstić information content (AvgIpc) is 3.17. The minimum Gasteiger partial charge on any atom is -0.483 e. The fourth-order valence-corrected chi connectivity index (χ4v) is 4.07. The third kappa shape index (κ3) is 4.84. The predicted octanol–water partition coefficient (Wildman–Crippen LogP) is 2.93. The van der Waals surface area contributed by atoms with Crippen molar-refractivity contribution in [3.8, 4) is 5.75 Å². The summed E-state index contributed by atoms with van der Waals surface area (Å²) in [6, 6.07) is 10.3. The molecule has 1 amide bonds. The van der Waals surface area contributed by atoms with Crippen LogP contribution in [0.1, 0.15) is 22.0 Å². The molecule has 1 aliphatic heterocycles. The van der Waals surface area contributed by atoms with Gasteiger partial charge in [-0.15, -0.1) is 11.3 Å². The summed E-state index contributed by atoms with van der Waals surface area (Å²) in [6.45, 7) is 7.85. The number of hydrogen-bond donors (Lipinski definition) is 1. The van der Waals surface area contributed by atoms with Crippen LogP contribution in [0.25, 0.3) is 0 Å². The van der Waals surface area contributed by atoms with Gasteiger partial charge in [0, 0.05) is 24.5 Å². The van der Waals surface area contributed by atoms with Gasteiger partial charge in [0.05, 0.1) is 19.3 Å². The third-order valence-electron chi connectivity index (χ3n) is 4.61. The van der Waals surface area contributed by atoms with Crippen LogP contribution >= 0.6 is 11.3 Å². The van der Waals surface area contributed by atoms with Gasteiger partial charge in [-0.2, -0.15) is 0 Å². The van der Waals surface area contributed by atoms with Crippen LogP contribution in [0.2, 0.25) is 0 Å². The molecule has 5 nitrogen and oxygen atoms in total. The molecule has 2 heterocycles. The summed E-state index contributed by atoms with van der Waals surface area (Å²) in [6.07, 6.45) is 0. The van der Waals surface area contributed by atoms with Gasteiger partial charge in [-0.25, -0.2) is 0 Å². The van der Waals surface area contributed by atoms with Crippen molar-refractivity contribution in [1.82, 2.24) is 10.2 Å². The molecule has 1 fully saturated rings. The van der Waals surface area contributed by atoms with Crippen molar-refractivity contribution in [3.05, 3.63) is 51.7 Å². The Hall–Kier alpha value is -1.89. The maximum Gasteiger partial charge on any atom is 0.258 e. The molecule has 26 heavy (non-hydrogen) atoms. The molecule has 0 saturated carbocycles. The second kappa shape index (κ2) is 9.16. The molecular formula is C20H26N2O3S. The zero-order chi connectivity index (χ0) is 18.4. The first-order valence-corrected chi connectivity index (χ1v) is 9.84. The molecular weight excluding hydrogens is 348 g/mol. The first-order chi connectivity index (χ1) is 12.6. The molecule has 0 aliphatic carbocycles. The smallest absolute Gasteiger partial charge is 0.258 e. The van der Waals surface area contributed by atoms with Gasteiger partial charge in [-0.05, 0) is 36.4 Å². The average molecular weight is 375 g/mol. The van der Waals surface area contributed by atoms with Crippen molar-refractivity contribution in [1.29, 1.82) is 0 Å². The van der Waals surface area contributed by atoms with E-state index >= 15 is 0 Å². The van der Waals surface area contributed by atoms with E-state index in [2.05, 4.69) is 27.7 Å². The van der Waals surface area contributed by atoms with E-state index in [4.69, 9.17) is 9.47 Å². The van der Waals surface area contributed by atoms with Crippen molar-refractivity contribution < 1.29 is 14.3 Å². The number of nitrogens with zero attached hydrogens (tertiary/aromatic N) is 1. The molecule has 1 aromatic carbocycles. The van der Waals surface area contributed by atoms with Crippen LogP contribution in [0.5, 0.6) is 5.75 Å². The summed E-state index contributed by atoms with van der Waals surface area (Å²) in [4.78, 5) is 16.0. The van der Waals surface area contributed by atoms with Gasteiger partial charge in [-0.1, -0.05) is 24.3 Å². The predicted molar refractivity (Wildman–Crippen MR) is 104 cm³/mol. The lowest BCUT2D eigenvalue weighted by Gasteiger charge is -2.34. The molecule has 1 N–H and O–H groups in total. The SMILES string of the molecule is Cc1cccc(C)c1OCC(=O)NC[C@@H](c1cccs1)N1CCOCC1. The van der Waals surface area contributed by atoms with E-state index in [0.717, 1.165) is 43.2 Å². The monoisotopic (exact) mass is 374 g/mol. The number of nitrogens with one attached hydrogen (secondary N) is 1. The number of amides is 1. The van der Waals surface area contributed by atoms with E-state index in [0.29, 0.717) is 6.54 Å². The topological polar surface area (TPSA) is 50.8 Å². The maximum atomic E-state index is 12.3. The Morgan fingerprint density at radius 2 is 1.96 bits per heavy atom. The Bertz CT molecular complexity index is 692. The minimum absolute atomic E-state index is 0.0337. The Balaban J connectivity index is 1.55. The number of rotatable bonds is 7. The number of morpholine rings is 1. The van der Waals surface area contributed by atoms with Crippen LogP contribution in [-0.4, -0.2) is 50.3 Å².